The van der Waals surface area contributed by atoms with Gasteiger partial charge in [0.05, 0.1) is 13.2 Å². The molecule has 5 nitrogen and oxygen atoms in total. The molecule has 1 saturated heterocycles. The second kappa shape index (κ2) is 8.51. The quantitative estimate of drug-likeness (QED) is 0.824. The number of ether oxygens (including phenoxy) is 2. The largest absolute Gasteiger partial charge is 0.444 e. The molecule has 29 heavy (non-hydrogen) atoms. The van der Waals surface area contributed by atoms with Gasteiger partial charge in [-0.1, -0.05) is 42.0 Å². The third-order valence-electron chi connectivity index (χ3n) is 4.77. The molecule has 2 aromatic carbocycles. The van der Waals surface area contributed by atoms with E-state index in [1.807, 2.05) is 31.2 Å². The van der Waals surface area contributed by atoms with Gasteiger partial charge in [0.2, 0.25) is 0 Å². The zero-order valence-electron chi connectivity index (χ0n) is 17.3. The van der Waals surface area contributed by atoms with Gasteiger partial charge in [0.15, 0.2) is 0 Å². The Morgan fingerprint density at radius 2 is 2.00 bits per heavy atom. The monoisotopic (exact) mass is 401 g/mol. The van der Waals surface area contributed by atoms with E-state index in [4.69, 9.17) is 9.47 Å². The van der Waals surface area contributed by atoms with Crippen LogP contribution in [0.3, 0.4) is 0 Å². The Labute approximate surface area is 171 Å². The highest BCUT2D eigenvalue weighted by Gasteiger charge is 2.33. The van der Waals surface area contributed by atoms with Crippen molar-refractivity contribution in [1.29, 1.82) is 0 Å². The third kappa shape index (κ3) is 5.14. The van der Waals surface area contributed by atoms with Crippen LogP contribution >= 0.6 is 0 Å². The van der Waals surface area contributed by atoms with Crippen LogP contribution in [0.2, 0.25) is 0 Å². The first-order valence-corrected chi connectivity index (χ1v) is 9.79. The minimum atomic E-state index is -1.09. The molecule has 1 heterocycles. The zero-order chi connectivity index (χ0) is 21.2. The summed E-state index contributed by atoms with van der Waals surface area (Å²) in [4.78, 5) is 13.9. The molecule has 0 aromatic heterocycles. The van der Waals surface area contributed by atoms with Crippen molar-refractivity contribution in [3.05, 3.63) is 59.4 Å². The molecule has 2 atom stereocenters. The maximum absolute atomic E-state index is 14.7. The van der Waals surface area contributed by atoms with Crippen molar-refractivity contribution in [3.63, 3.8) is 0 Å². The molecule has 1 amide bonds. The van der Waals surface area contributed by atoms with Crippen molar-refractivity contribution in [2.45, 2.75) is 45.5 Å². The van der Waals surface area contributed by atoms with Gasteiger partial charge >= 0.3 is 6.09 Å². The van der Waals surface area contributed by atoms with Crippen LogP contribution in [-0.2, 0) is 9.47 Å². The Bertz CT molecular complexity index is 877. The topological polar surface area (TPSA) is 59.0 Å². The number of amides is 1. The number of carbonyl (C=O) groups excluding carboxylic acids is 1. The Balaban J connectivity index is 1.86. The lowest BCUT2D eigenvalue weighted by Crippen LogP contribution is -2.49. The first-order valence-electron chi connectivity index (χ1n) is 9.79. The number of nitrogens with zero attached hydrogens (tertiary/aromatic N) is 1. The second-order valence-electron chi connectivity index (χ2n) is 8.35. The van der Waals surface area contributed by atoms with E-state index in [0.29, 0.717) is 23.2 Å². The van der Waals surface area contributed by atoms with E-state index in [0.717, 1.165) is 5.56 Å². The van der Waals surface area contributed by atoms with E-state index in [1.165, 1.54) is 11.0 Å². The van der Waals surface area contributed by atoms with Crippen LogP contribution in [0.25, 0.3) is 11.1 Å². The van der Waals surface area contributed by atoms with Crippen molar-refractivity contribution in [2.75, 3.05) is 19.7 Å². The first-order chi connectivity index (χ1) is 13.7. The summed E-state index contributed by atoms with van der Waals surface area (Å²) >= 11 is 0. The first kappa shape index (κ1) is 21.3. The fourth-order valence-electron chi connectivity index (χ4n) is 3.45. The fourth-order valence-corrected chi connectivity index (χ4v) is 3.45. The van der Waals surface area contributed by atoms with Crippen LogP contribution < -0.4 is 0 Å². The maximum Gasteiger partial charge on any atom is 0.410 e. The normalized spacial score (nSPS) is 18.4. The number of aryl methyl sites for hydroxylation is 1. The van der Waals surface area contributed by atoms with Gasteiger partial charge in [0, 0.05) is 12.1 Å². The van der Waals surface area contributed by atoms with Crippen LogP contribution in [0.15, 0.2) is 42.5 Å². The van der Waals surface area contributed by atoms with Gasteiger partial charge in [-0.3, -0.25) is 0 Å². The number of carbonyl (C=O) groups is 1. The van der Waals surface area contributed by atoms with Gasteiger partial charge in [-0.2, -0.15) is 0 Å². The van der Waals surface area contributed by atoms with E-state index < -0.39 is 29.7 Å². The van der Waals surface area contributed by atoms with Crippen molar-refractivity contribution in [1.82, 2.24) is 4.90 Å². The van der Waals surface area contributed by atoms with Crippen LogP contribution in [-0.4, -0.2) is 47.5 Å². The van der Waals surface area contributed by atoms with Gasteiger partial charge < -0.3 is 19.5 Å². The minimum Gasteiger partial charge on any atom is -0.444 e. The lowest BCUT2D eigenvalue weighted by atomic mass is 9.92. The fraction of sp³-hybridized carbons (Fsp3) is 0.435. The molecule has 0 saturated carbocycles. The average molecular weight is 401 g/mol. The van der Waals surface area contributed by atoms with Crippen molar-refractivity contribution >= 4 is 6.09 Å². The van der Waals surface area contributed by atoms with E-state index in [9.17, 15) is 14.3 Å². The molecule has 6 heteroatoms. The number of halogens is 1. The zero-order valence-corrected chi connectivity index (χ0v) is 17.3. The Morgan fingerprint density at radius 3 is 2.69 bits per heavy atom. The number of morpholine rings is 1. The van der Waals surface area contributed by atoms with E-state index >= 15 is 0 Å². The lowest BCUT2D eigenvalue weighted by molar-refractivity contribution is -0.0907. The molecule has 0 unspecified atom stereocenters. The third-order valence-corrected chi connectivity index (χ3v) is 4.77. The standard InChI is InChI=1S/C23H28FNO4/c1-15-7-5-8-16(13-15)20-17(9-6-10-18(20)24)21(26)19-14-25(11-12-28-19)22(27)29-23(2,3)4/h5-10,13,19,21,26H,11-12,14H2,1-4H3/t19-,21+/m1/s1. The molecule has 1 N–H and O–H groups in total. The summed E-state index contributed by atoms with van der Waals surface area (Å²) in [7, 11) is 0. The van der Waals surface area contributed by atoms with Crippen LogP contribution in [0.5, 0.6) is 0 Å². The summed E-state index contributed by atoms with van der Waals surface area (Å²) < 4.78 is 25.9. The van der Waals surface area contributed by atoms with Gasteiger partial charge in [0.1, 0.15) is 23.6 Å². The molecule has 0 aliphatic carbocycles. The van der Waals surface area contributed by atoms with E-state index in [1.54, 1.807) is 32.9 Å². The molecular formula is C23H28FNO4. The number of rotatable bonds is 3. The van der Waals surface area contributed by atoms with Crippen LogP contribution in [0, 0.1) is 12.7 Å². The number of benzene rings is 2. The summed E-state index contributed by atoms with van der Waals surface area (Å²) in [6, 6.07) is 12.1. The van der Waals surface area contributed by atoms with Gasteiger partial charge in [-0.05, 0) is 44.9 Å². The van der Waals surface area contributed by atoms with Gasteiger partial charge in [-0.15, -0.1) is 0 Å². The van der Waals surface area contributed by atoms with Crippen LogP contribution in [0.4, 0.5) is 9.18 Å². The summed E-state index contributed by atoms with van der Waals surface area (Å²) in [5, 5.41) is 11.0. The summed E-state index contributed by atoms with van der Waals surface area (Å²) in [6.45, 7) is 8.17. The summed E-state index contributed by atoms with van der Waals surface area (Å²) in [5.41, 5.74) is 1.87. The number of hydrogen-bond donors (Lipinski definition) is 1. The van der Waals surface area contributed by atoms with Gasteiger partial charge in [0.25, 0.3) is 0 Å². The van der Waals surface area contributed by atoms with Gasteiger partial charge in [-0.25, -0.2) is 9.18 Å². The Morgan fingerprint density at radius 1 is 1.28 bits per heavy atom. The molecule has 1 aliphatic heterocycles. The molecule has 1 aliphatic rings. The predicted octanol–water partition coefficient (Wildman–Crippen LogP) is 4.47. The number of hydrogen-bond acceptors (Lipinski definition) is 4. The SMILES string of the molecule is Cc1cccc(-c2c(F)cccc2[C@H](O)[C@H]2CN(C(=O)OC(C)(C)C)CCO2)c1. The Hall–Kier alpha value is -2.44. The number of aliphatic hydroxyl groups is 1. The second-order valence-corrected chi connectivity index (χ2v) is 8.35. The highest BCUT2D eigenvalue weighted by atomic mass is 19.1. The van der Waals surface area contributed by atoms with Crippen LogP contribution in [0.1, 0.15) is 38.0 Å². The molecule has 1 fully saturated rings. The molecular weight excluding hydrogens is 373 g/mol. The molecule has 3 rings (SSSR count). The predicted molar refractivity (Wildman–Crippen MR) is 109 cm³/mol. The molecule has 2 aromatic rings. The molecule has 0 radical (unpaired) electrons. The van der Waals surface area contributed by atoms with Crippen molar-refractivity contribution < 1.29 is 23.8 Å². The number of aliphatic hydroxyl groups excluding tert-OH is 1. The van der Waals surface area contributed by atoms with Crippen molar-refractivity contribution in [2.24, 2.45) is 0 Å². The highest BCUT2D eigenvalue weighted by Crippen LogP contribution is 2.34. The average Bonchev–Trinajstić information content (AvgIpc) is 2.66. The minimum absolute atomic E-state index is 0.167. The maximum atomic E-state index is 14.7. The molecule has 0 bridgehead atoms. The van der Waals surface area contributed by atoms with Crippen molar-refractivity contribution in [3.8, 4) is 11.1 Å². The Kier molecular flexibility index (Phi) is 6.24. The smallest absolute Gasteiger partial charge is 0.410 e. The van der Waals surface area contributed by atoms with E-state index in [-0.39, 0.29) is 13.2 Å². The molecule has 156 valence electrons. The molecule has 0 spiro atoms. The summed E-state index contributed by atoms with van der Waals surface area (Å²) in [5.74, 6) is -0.410. The summed E-state index contributed by atoms with van der Waals surface area (Å²) in [6.07, 6.45) is -2.22. The highest BCUT2D eigenvalue weighted by molar-refractivity contribution is 5.70. The lowest BCUT2D eigenvalue weighted by Gasteiger charge is -2.36. The van der Waals surface area contributed by atoms with E-state index in [2.05, 4.69) is 0 Å².